The fourth-order valence-electron chi connectivity index (χ4n) is 5.39. The number of para-hydroxylation sites is 1. The quantitative estimate of drug-likeness (QED) is 0.231. The molecule has 3 aromatic rings. The minimum absolute atomic E-state index is 0.00827. The minimum Gasteiger partial charge on any atom is -0.352 e. The van der Waals surface area contributed by atoms with E-state index in [2.05, 4.69) is 5.32 Å². The molecule has 7 nitrogen and oxygen atoms in total. The van der Waals surface area contributed by atoms with Crippen molar-refractivity contribution in [3.8, 4) is 0 Å². The largest absolute Gasteiger partial charge is 0.352 e. The molecule has 3 aromatic carbocycles. The summed E-state index contributed by atoms with van der Waals surface area (Å²) < 4.78 is 29.2. The zero-order valence-electron chi connectivity index (χ0n) is 24.2. The van der Waals surface area contributed by atoms with Crippen molar-refractivity contribution < 1.29 is 18.0 Å². The summed E-state index contributed by atoms with van der Waals surface area (Å²) in [7, 11) is -4.19. The first-order chi connectivity index (χ1) is 20.5. The molecular weight excluding hydrogens is 629 g/mol. The van der Waals surface area contributed by atoms with Crippen LogP contribution < -0.4 is 9.62 Å². The Hall–Kier alpha value is -2.78. The maximum absolute atomic E-state index is 14.3. The molecule has 1 N–H and O–H groups in total. The molecule has 0 heterocycles. The number of nitrogens with zero attached hydrogens (tertiary/aromatic N) is 2. The SMILES string of the molecule is CC[C@@H](C(=O)NC1CCCCC1)N(Cc1ccc(Cl)c(Cl)c1)C(=O)CN(c1ccccc1C)S(=O)(=O)c1ccc(Cl)cc1. The number of benzene rings is 3. The number of aryl methyl sites for hydroxylation is 1. The van der Waals surface area contributed by atoms with Crippen LogP contribution in [0.4, 0.5) is 5.69 Å². The number of nitrogens with one attached hydrogen (secondary N) is 1. The van der Waals surface area contributed by atoms with Crippen molar-refractivity contribution in [2.75, 3.05) is 10.8 Å². The molecule has 0 radical (unpaired) electrons. The van der Waals surface area contributed by atoms with E-state index in [1.54, 1.807) is 49.4 Å². The highest BCUT2D eigenvalue weighted by Gasteiger charge is 2.35. The van der Waals surface area contributed by atoms with Crippen molar-refractivity contribution in [3.63, 3.8) is 0 Å². The highest BCUT2D eigenvalue weighted by molar-refractivity contribution is 7.92. The molecule has 0 spiro atoms. The second-order valence-electron chi connectivity index (χ2n) is 10.8. The topological polar surface area (TPSA) is 86.8 Å². The Labute approximate surface area is 269 Å². The van der Waals surface area contributed by atoms with Crippen molar-refractivity contribution in [3.05, 3.63) is 92.9 Å². The van der Waals surface area contributed by atoms with E-state index in [1.165, 1.54) is 29.2 Å². The number of carbonyl (C=O) groups is 2. The average Bonchev–Trinajstić information content (AvgIpc) is 2.98. The maximum Gasteiger partial charge on any atom is 0.264 e. The summed E-state index contributed by atoms with van der Waals surface area (Å²) in [5, 5.41) is 4.22. The molecule has 43 heavy (non-hydrogen) atoms. The van der Waals surface area contributed by atoms with Crippen LogP contribution in [0.2, 0.25) is 15.1 Å². The first kappa shape index (κ1) is 33.1. The van der Waals surface area contributed by atoms with Gasteiger partial charge in [-0.3, -0.25) is 13.9 Å². The molecule has 2 amide bonds. The number of rotatable bonds is 11. The van der Waals surface area contributed by atoms with E-state index < -0.39 is 28.5 Å². The van der Waals surface area contributed by atoms with Crippen LogP contribution in [0.15, 0.2) is 71.6 Å². The molecule has 0 saturated heterocycles. The van der Waals surface area contributed by atoms with E-state index in [0.717, 1.165) is 36.4 Å². The van der Waals surface area contributed by atoms with E-state index in [9.17, 15) is 18.0 Å². The monoisotopic (exact) mass is 663 g/mol. The van der Waals surface area contributed by atoms with Gasteiger partial charge >= 0.3 is 0 Å². The predicted molar refractivity (Wildman–Crippen MR) is 173 cm³/mol. The molecule has 0 unspecified atom stereocenters. The van der Waals surface area contributed by atoms with Crippen molar-refractivity contribution >= 4 is 62.3 Å². The lowest BCUT2D eigenvalue weighted by atomic mass is 9.95. The van der Waals surface area contributed by atoms with Crippen molar-refractivity contribution in [1.29, 1.82) is 0 Å². The van der Waals surface area contributed by atoms with Gasteiger partial charge in [0.1, 0.15) is 12.6 Å². The summed E-state index contributed by atoms with van der Waals surface area (Å²) in [5.41, 5.74) is 1.70. The summed E-state index contributed by atoms with van der Waals surface area (Å²) in [6.07, 6.45) is 5.35. The summed E-state index contributed by atoms with van der Waals surface area (Å²) in [6, 6.07) is 17.0. The highest BCUT2D eigenvalue weighted by atomic mass is 35.5. The molecule has 1 atom stereocenters. The lowest BCUT2D eigenvalue weighted by molar-refractivity contribution is -0.140. The van der Waals surface area contributed by atoms with Gasteiger partial charge in [-0.15, -0.1) is 0 Å². The fraction of sp³-hybridized carbons (Fsp3) is 0.375. The summed E-state index contributed by atoms with van der Waals surface area (Å²) in [4.78, 5) is 29.4. The van der Waals surface area contributed by atoms with Gasteiger partial charge in [-0.2, -0.15) is 0 Å². The van der Waals surface area contributed by atoms with Gasteiger partial charge in [0.2, 0.25) is 11.8 Å². The molecule has 230 valence electrons. The van der Waals surface area contributed by atoms with E-state index in [-0.39, 0.29) is 23.4 Å². The first-order valence-electron chi connectivity index (χ1n) is 14.4. The maximum atomic E-state index is 14.3. The summed E-state index contributed by atoms with van der Waals surface area (Å²) >= 11 is 18.5. The normalized spacial score (nSPS) is 14.6. The van der Waals surface area contributed by atoms with E-state index in [1.807, 2.05) is 6.92 Å². The number of amides is 2. The van der Waals surface area contributed by atoms with Crippen LogP contribution >= 0.6 is 34.8 Å². The highest BCUT2D eigenvalue weighted by Crippen LogP contribution is 2.29. The number of hydrogen-bond acceptors (Lipinski definition) is 4. The molecule has 0 bridgehead atoms. The van der Waals surface area contributed by atoms with Crippen LogP contribution in [0.5, 0.6) is 0 Å². The average molecular weight is 665 g/mol. The van der Waals surface area contributed by atoms with Crippen LogP contribution in [-0.2, 0) is 26.2 Å². The Bertz CT molecular complexity index is 1540. The van der Waals surface area contributed by atoms with Crippen LogP contribution in [0.1, 0.15) is 56.6 Å². The standard InChI is InChI=1S/C32H36Cl3N3O4S/c1-3-29(32(40)36-25-10-5-4-6-11-25)37(20-23-13-18-27(34)28(35)19-23)31(39)21-38(30-12-8-7-9-22(30)2)43(41,42)26-16-14-24(33)15-17-26/h7-9,12-19,25,29H,3-6,10-11,20-21H2,1-2H3,(H,36,40)/t29-/m0/s1. The lowest BCUT2D eigenvalue weighted by Crippen LogP contribution is -2.54. The predicted octanol–water partition coefficient (Wildman–Crippen LogP) is 7.41. The zero-order valence-corrected chi connectivity index (χ0v) is 27.3. The fourth-order valence-corrected chi connectivity index (χ4v) is 7.31. The van der Waals surface area contributed by atoms with Gasteiger partial charge in [-0.1, -0.05) is 85.3 Å². The Kier molecular flexibility index (Phi) is 11.4. The Morgan fingerprint density at radius 3 is 2.23 bits per heavy atom. The third-order valence-corrected chi connectivity index (χ3v) is 10.5. The van der Waals surface area contributed by atoms with E-state index >= 15 is 0 Å². The van der Waals surface area contributed by atoms with E-state index in [4.69, 9.17) is 34.8 Å². The molecule has 4 rings (SSSR count). The van der Waals surface area contributed by atoms with Crippen LogP contribution in [0, 0.1) is 6.92 Å². The van der Waals surface area contributed by atoms with E-state index in [0.29, 0.717) is 38.3 Å². The lowest BCUT2D eigenvalue weighted by Gasteiger charge is -2.34. The molecule has 0 aromatic heterocycles. The van der Waals surface area contributed by atoms with Crippen molar-refractivity contribution in [2.45, 2.75) is 75.9 Å². The van der Waals surface area contributed by atoms with Crippen LogP contribution in [0.3, 0.4) is 0 Å². The Balaban J connectivity index is 1.73. The van der Waals surface area contributed by atoms with Gasteiger partial charge < -0.3 is 10.2 Å². The van der Waals surface area contributed by atoms with Crippen molar-refractivity contribution in [1.82, 2.24) is 10.2 Å². The van der Waals surface area contributed by atoms with Gasteiger partial charge in [0.15, 0.2) is 0 Å². The smallest absolute Gasteiger partial charge is 0.264 e. The summed E-state index contributed by atoms with van der Waals surface area (Å²) in [5.74, 6) is -0.789. The van der Waals surface area contributed by atoms with Gasteiger partial charge in [0.05, 0.1) is 20.6 Å². The number of carbonyl (C=O) groups excluding carboxylic acids is 2. The number of halogens is 3. The van der Waals surface area contributed by atoms with Gasteiger partial charge in [0.25, 0.3) is 10.0 Å². The third kappa shape index (κ3) is 8.24. The summed E-state index contributed by atoms with van der Waals surface area (Å²) in [6.45, 7) is 3.13. The third-order valence-electron chi connectivity index (χ3n) is 7.74. The number of hydrogen-bond donors (Lipinski definition) is 1. The molecule has 11 heteroatoms. The second-order valence-corrected chi connectivity index (χ2v) is 13.9. The molecule has 1 aliphatic rings. The first-order valence-corrected chi connectivity index (χ1v) is 17.0. The van der Waals surface area contributed by atoms with Gasteiger partial charge in [-0.25, -0.2) is 8.42 Å². The number of sulfonamides is 1. The van der Waals surface area contributed by atoms with Gasteiger partial charge in [-0.05, 0) is 79.8 Å². The molecule has 0 aliphatic heterocycles. The van der Waals surface area contributed by atoms with Crippen LogP contribution in [-0.4, -0.2) is 43.8 Å². The van der Waals surface area contributed by atoms with Crippen LogP contribution in [0.25, 0.3) is 0 Å². The Morgan fingerprint density at radius 1 is 0.930 bits per heavy atom. The molecular formula is C32H36Cl3N3O4S. The minimum atomic E-state index is -4.19. The zero-order chi connectivity index (χ0) is 31.1. The molecule has 1 fully saturated rings. The van der Waals surface area contributed by atoms with Gasteiger partial charge in [0, 0.05) is 17.6 Å². The molecule has 1 saturated carbocycles. The second kappa shape index (κ2) is 14.8. The molecule has 1 aliphatic carbocycles. The van der Waals surface area contributed by atoms with Crippen molar-refractivity contribution in [2.24, 2.45) is 0 Å². The number of anilines is 1. The Morgan fingerprint density at radius 2 is 1.60 bits per heavy atom.